The molecule has 5 rings (SSSR count). The summed E-state index contributed by atoms with van der Waals surface area (Å²) in [6, 6.07) is 26.5. The van der Waals surface area contributed by atoms with Gasteiger partial charge in [0.15, 0.2) is 5.78 Å². The molecule has 0 atom stereocenters. The van der Waals surface area contributed by atoms with Gasteiger partial charge in [-0.3, -0.25) is 9.59 Å². The van der Waals surface area contributed by atoms with E-state index in [2.05, 4.69) is 0 Å². The van der Waals surface area contributed by atoms with Gasteiger partial charge in [0.2, 0.25) is 5.78 Å². The van der Waals surface area contributed by atoms with Crippen LogP contribution < -0.4 is 4.74 Å². The molecule has 5 nitrogen and oxygen atoms in total. The molecule has 4 aromatic rings. The van der Waals surface area contributed by atoms with E-state index in [0.717, 1.165) is 5.56 Å². The summed E-state index contributed by atoms with van der Waals surface area (Å²) >= 11 is 0. The summed E-state index contributed by atoms with van der Waals surface area (Å²) in [5, 5.41) is 20.7. The number of Topliss-reactive ketones (excluding diaryl/α,β-unsaturated/α-hetero) is 1. The van der Waals surface area contributed by atoms with Gasteiger partial charge in [0.1, 0.15) is 23.9 Å². The van der Waals surface area contributed by atoms with Crippen LogP contribution in [0.5, 0.6) is 17.2 Å². The number of ether oxygens (including phenoxy) is 1. The first-order chi connectivity index (χ1) is 16.5. The van der Waals surface area contributed by atoms with Crippen LogP contribution in [0.3, 0.4) is 0 Å². The lowest BCUT2D eigenvalue weighted by molar-refractivity contribution is 0.0967. The van der Waals surface area contributed by atoms with Gasteiger partial charge in [0.25, 0.3) is 0 Å². The van der Waals surface area contributed by atoms with Crippen LogP contribution >= 0.6 is 0 Å². The Labute approximate surface area is 196 Å². The van der Waals surface area contributed by atoms with E-state index in [1.165, 1.54) is 12.1 Å². The third-order valence-corrected chi connectivity index (χ3v) is 6.17. The van der Waals surface area contributed by atoms with Crippen molar-refractivity contribution in [2.45, 2.75) is 18.9 Å². The van der Waals surface area contributed by atoms with Crippen molar-refractivity contribution in [1.29, 1.82) is 0 Å². The number of carbonyl (C=O) groups is 2. The second kappa shape index (κ2) is 8.87. The predicted molar refractivity (Wildman–Crippen MR) is 128 cm³/mol. The number of phenols is 2. The van der Waals surface area contributed by atoms with E-state index in [4.69, 9.17) is 4.74 Å². The molecule has 0 aliphatic heterocycles. The summed E-state index contributed by atoms with van der Waals surface area (Å²) in [4.78, 5) is 26.3. The quantitative estimate of drug-likeness (QED) is 0.372. The van der Waals surface area contributed by atoms with Crippen LogP contribution in [0.4, 0.5) is 0 Å². The lowest BCUT2D eigenvalue weighted by Crippen LogP contribution is -2.22. The van der Waals surface area contributed by atoms with Crippen LogP contribution in [-0.4, -0.2) is 21.8 Å². The summed E-state index contributed by atoms with van der Waals surface area (Å²) < 4.78 is 5.80. The molecule has 168 valence electrons. The number of phenolic OH excluding ortho intramolecular Hbond substituents is 2. The third-order valence-electron chi connectivity index (χ3n) is 6.17. The second-order valence-corrected chi connectivity index (χ2v) is 8.29. The maximum atomic E-state index is 13.2. The molecule has 2 N–H and O–H groups in total. The summed E-state index contributed by atoms with van der Waals surface area (Å²) in [6.07, 6.45) is 0.0877. The molecule has 0 saturated carbocycles. The van der Waals surface area contributed by atoms with Gasteiger partial charge in [-0.1, -0.05) is 54.6 Å². The number of hydrogen-bond acceptors (Lipinski definition) is 5. The fourth-order valence-corrected chi connectivity index (χ4v) is 4.48. The molecule has 4 aromatic carbocycles. The molecule has 1 aliphatic rings. The first-order valence-electron chi connectivity index (χ1n) is 11.0. The molecule has 0 spiro atoms. The van der Waals surface area contributed by atoms with E-state index in [1.54, 1.807) is 48.5 Å². The summed E-state index contributed by atoms with van der Waals surface area (Å²) in [5.74, 6) is -0.678. The van der Waals surface area contributed by atoms with Crippen molar-refractivity contribution in [3.05, 3.63) is 124 Å². The zero-order valence-electron chi connectivity index (χ0n) is 18.3. The van der Waals surface area contributed by atoms with Crippen molar-refractivity contribution in [1.82, 2.24) is 0 Å². The highest BCUT2D eigenvalue weighted by atomic mass is 16.5. The average molecular weight is 450 g/mol. The molecule has 0 saturated heterocycles. The molecule has 1 aliphatic carbocycles. The van der Waals surface area contributed by atoms with Gasteiger partial charge in [-0.25, -0.2) is 0 Å². The van der Waals surface area contributed by atoms with Crippen molar-refractivity contribution in [2.75, 3.05) is 0 Å². The predicted octanol–water partition coefficient (Wildman–Crippen LogP) is 5.63. The summed E-state index contributed by atoms with van der Waals surface area (Å²) in [7, 11) is 0. The molecule has 0 radical (unpaired) electrons. The van der Waals surface area contributed by atoms with Crippen molar-refractivity contribution < 1.29 is 24.5 Å². The SMILES string of the molecule is O=C(CC1c2cccc(O)c2C(=O)c2c(O)cccc21)c1ccc(OCc2ccccc2)cc1. The number of aromatic hydroxyl groups is 2. The highest BCUT2D eigenvalue weighted by molar-refractivity contribution is 6.16. The van der Waals surface area contributed by atoms with E-state index in [1.807, 2.05) is 30.3 Å². The van der Waals surface area contributed by atoms with Gasteiger partial charge >= 0.3 is 0 Å². The molecular weight excluding hydrogens is 428 g/mol. The number of fused-ring (bicyclic) bond motifs is 2. The second-order valence-electron chi connectivity index (χ2n) is 8.29. The highest BCUT2D eigenvalue weighted by Gasteiger charge is 2.35. The van der Waals surface area contributed by atoms with Crippen LogP contribution in [0.1, 0.15) is 55.3 Å². The smallest absolute Gasteiger partial charge is 0.201 e. The Morgan fingerprint density at radius 2 is 1.32 bits per heavy atom. The van der Waals surface area contributed by atoms with Crippen LogP contribution in [0.2, 0.25) is 0 Å². The van der Waals surface area contributed by atoms with E-state index in [-0.39, 0.29) is 34.8 Å². The largest absolute Gasteiger partial charge is 0.507 e. The minimum Gasteiger partial charge on any atom is -0.507 e. The normalized spacial score (nSPS) is 12.6. The van der Waals surface area contributed by atoms with Gasteiger partial charge in [-0.15, -0.1) is 0 Å². The van der Waals surface area contributed by atoms with Crippen LogP contribution in [0.15, 0.2) is 91.0 Å². The Hall–Kier alpha value is -4.38. The molecule has 5 heteroatoms. The summed E-state index contributed by atoms with van der Waals surface area (Å²) in [5.41, 5.74) is 3.02. The maximum absolute atomic E-state index is 13.2. The number of carbonyl (C=O) groups excluding carboxylic acids is 2. The third kappa shape index (κ3) is 3.92. The van der Waals surface area contributed by atoms with Gasteiger partial charge in [-0.2, -0.15) is 0 Å². The Balaban J connectivity index is 1.40. The molecular formula is C29H22O5. The van der Waals surface area contributed by atoms with Crippen molar-refractivity contribution in [2.24, 2.45) is 0 Å². The lowest BCUT2D eigenvalue weighted by Gasteiger charge is -2.28. The van der Waals surface area contributed by atoms with E-state index < -0.39 is 11.7 Å². The Morgan fingerprint density at radius 3 is 1.91 bits per heavy atom. The average Bonchev–Trinajstić information content (AvgIpc) is 2.86. The molecule has 34 heavy (non-hydrogen) atoms. The molecule has 0 bridgehead atoms. The number of benzene rings is 4. The topological polar surface area (TPSA) is 83.8 Å². The molecule has 0 unspecified atom stereocenters. The van der Waals surface area contributed by atoms with Gasteiger partial charge < -0.3 is 14.9 Å². The minimum atomic E-state index is -0.469. The molecule has 0 fully saturated rings. The number of rotatable bonds is 6. The standard InChI is InChI=1S/C29H22O5/c30-24-10-4-8-21-23(22-9-5-11-25(31)28(22)29(33)27(21)24)16-26(32)19-12-14-20(15-13-19)34-17-18-6-2-1-3-7-18/h1-15,23,30-31H,16-17H2. The van der Waals surface area contributed by atoms with Gasteiger partial charge in [0.05, 0.1) is 11.1 Å². The minimum absolute atomic E-state index is 0.0877. The zero-order chi connectivity index (χ0) is 23.7. The number of hydrogen-bond donors (Lipinski definition) is 2. The first kappa shape index (κ1) is 21.5. The number of ketones is 2. The van der Waals surface area contributed by atoms with Crippen molar-refractivity contribution in [3.63, 3.8) is 0 Å². The first-order valence-corrected chi connectivity index (χ1v) is 11.0. The van der Waals surface area contributed by atoms with Crippen molar-refractivity contribution >= 4 is 11.6 Å². The Morgan fingerprint density at radius 1 is 0.735 bits per heavy atom. The van der Waals surface area contributed by atoms with Crippen LogP contribution in [0.25, 0.3) is 0 Å². The van der Waals surface area contributed by atoms with Crippen LogP contribution in [0, 0.1) is 0 Å². The van der Waals surface area contributed by atoms with E-state index in [0.29, 0.717) is 29.0 Å². The monoisotopic (exact) mass is 450 g/mol. The molecule has 0 heterocycles. The van der Waals surface area contributed by atoms with Gasteiger partial charge in [-0.05, 0) is 53.1 Å². The van der Waals surface area contributed by atoms with Crippen LogP contribution in [-0.2, 0) is 6.61 Å². The lowest BCUT2D eigenvalue weighted by atomic mass is 9.74. The fourth-order valence-electron chi connectivity index (χ4n) is 4.48. The zero-order valence-corrected chi connectivity index (χ0v) is 18.3. The Kier molecular flexibility index (Phi) is 5.60. The molecule has 0 aromatic heterocycles. The van der Waals surface area contributed by atoms with Gasteiger partial charge in [0, 0.05) is 17.9 Å². The fraction of sp³-hybridized carbons (Fsp3) is 0.103. The highest BCUT2D eigenvalue weighted by Crippen LogP contribution is 2.44. The van der Waals surface area contributed by atoms with E-state index >= 15 is 0 Å². The van der Waals surface area contributed by atoms with E-state index in [9.17, 15) is 19.8 Å². The molecule has 0 amide bonds. The Bertz CT molecular complexity index is 1320. The summed E-state index contributed by atoms with van der Waals surface area (Å²) in [6.45, 7) is 0.435. The maximum Gasteiger partial charge on any atom is 0.201 e. The van der Waals surface area contributed by atoms with Crippen molar-refractivity contribution in [3.8, 4) is 17.2 Å².